The Morgan fingerprint density at radius 3 is 2.57 bits per heavy atom. The van der Waals surface area contributed by atoms with Crippen molar-refractivity contribution >= 4 is 39.5 Å². The number of carbonyl (C=O) groups excluding carboxylic acids is 1. The van der Waals surface area contributed by atoms with Crippen LogP contribution in [-0.2, 0) is 10.3 Å². The van der Waals surface area contributed by atoms with Gasteiger partial charge in [0.2, 0.25) is 0 Å². The van der Waals surface area contributed by atoms with E-state index in [4.69, 9.17) is 9.47 Å². The first-order valence-corrected chi connectivity index (χ1v) is 12.1. The number of benzene rings is 2. The number of cyclic esters (lactones) is 1. The van der Waals surface area contributed by atoms with Crippen LogP contribution in [-0.4, -0.2) is 18.8 Å². The summed E-state index contributed by atoms with van der Waals surface area (Å²) in [5.41, 5.74) is 1.01. The smallest absolute Gasteiger partial charge is 0.408 e. The number of rotatable bonds is 5. The van der Waals surface area contributed by atoms with Crippen molar-refractivity contribution in [3.05, 3.63) is 39.5 Å². The van der Waals surface area contributed by atoms with Gasteiger partial charge < -0.3 is 14.8 Å². The Balaban J connectivity index is 1.49. The van der Waals surface area contributed by atoms with Gasteiger partial charge in [0.05, 0.1) is 15.2 Å². The maximum atomic E-state index is 11.5. The van der Waals surface area contributed by atoms with Gasteiger partial charge in [-0.1, -0.05) is 45.4 Å². The number of nitrogens with one attached hydrogen (secondary N) is 1. The van der Waals surface area contributed by atoms with Crippen LogP contribution in [0.25, 0.3) is 10.8 Å². The summed E-state index contributed by atoms with van der Waals surface area (Å²) in [4.78, 5) is 11.5. The zero-order valence-corrected chi connectivity index (χ0v) is 20.5. The number of halogens is 1. The number of alkyl carbamates (subject to hydrolysis) is 1. The lowest BCUT2D eigenvalue weighted by atomic mass is 9.69. The van der Waals surface area contributed by atoms with E-state index in [2.05, 4.69) is 79.0 Å². The van der Waals surface area contributed by atoms with Gasteiger partial charge in [0.1, 0.15) is 12.4 Å². The van der Waals surface area contributed by atoms with E-state index in [1.807, 2.05) is 6.92 Å². The molecule has 1 saturated carbocycles. The second kappa shape index (κ2) is 8.21. The minimum atomic E-state index is -0.475. The fourth-order valence-electron chi connectivity index (χ4n) is 4.80. The molecular weight excluding hydrogens is 489 g/mol. The van der Waals surface area contributed by atoms with Gasteiger partial charge in [-0.05, 0) is 95.0 Å². The normalized spacial score (nSPS) is 27.0. The van der Waals surface area contributed by atoms with E-state index >= 15 is 0 Å². The Bertz CT molecular complexity index is 949. The first-order valence-electron chi connectivity index (χ1n) is 11.1. The molecule has 1 atom stereocenters. The fraction of sp³-hybridized carbons (Fsp3) is 0.560. The highest BCUT2D eigenvalue weighted by Gasteiger charge is 2.37. The predicted molar refractivity (Wildman–Crippen MR) is 129 cm³/mol. The maximum absolute atomic E-state index is 11.5. The zero-order chi connectivity index (χ0) is 21.5. The predicted octanol–water partition coefficient (Wildman–Crippen LogP) is 6.77. The lowest BCUT2D eigenvalue weighted by Crippen LogP contribution is -2.37. The molecule has 1 amide bonds. The maximum Gasteiger partial charge on any atom is 0.408 e. The summed E-state index contributed by atoms with van der Waals surface area (Å²) >= 11 is 2.41. The molecule has 2 fully saturated rings. The van der Waals surface area contributed by atoms with Crippen molar-refractivity contribution in [2.24, 2.45) is 11.3 Å². The van der Waals surface area contributed by atoms with Gasteiger partial charge in [0.25, 0.3) is 0 Å². The molecule has 1 saturated heterocycles. The zero-order valence-electron chi connectivity index (χ0n) is 18.4. The number of hydrogen-bond donors (Lipinski definition) is 1. The molecular formula is C25H32INO3. The number of fused-ring (bicyclic) bond motifs is 1. The van der Waals surface area contributed by atoms with Crippen LogP contribution in [0.15, 0.2) is 30.3 Å². The van der Waals surface area contributed by atoms with E-state index in [0.29, 0.717) is 18.1 Å². The van der Waals surface area contributed by atoms with Crippen LogP contribution < -0.4 is 10.1 Å². The molecule has 0 radical (unpaired) electrons. The lowest BCUT2D eigenvalue weighted by molar-refractivity contribution is 0.0775. The Morgan fingerprint density at radius 2 is 1.93 bits per heavy atom. The summed E-state index contributed by atoms with van der Waals surface area (Å²) < 4.78 is 12.8. The Morgan fingerprint density at radius 1 is 1.20 bits per heavy atom. The minimum absolute atomic E-state index is 0.309. The highest BCUT2D eigenvalue weighted by atomic mass is 127. The molecule has 1 aliphatic carbocycles. The van der Waals surface area contributed by atoms with E-state index in [9.17, 15) is 4.79 Å². The van der Waals surface area contributed by atoms with Gasteiger partial charge in [-0.25, -0.2) is 4.79 Å². The third kappa shape index (κ3) is 4.14. The van der Waals surface area contributed by atoms with Gasteiger partial charge in [-0.2, -0.15) is 0 Å². The van der Waals surface area contributed by atoms with Gasteiger partial charge >= 0.3 is 6.09 Å². The van der Waals surface area contributed by atoms with Crippen LogP contribution in [0.1, 0.15) is 65.4 Å². The van der Waals surface area contributed by atoms with Crippen molar-refractivity contribution in [3.63, 3.8) is 0 Å². The number of amides is 1. The molecule has 1 aliphatic heterocycles. The number of ether oxygens (including phenoxy) is 2. The van der Waals surface area contributed by atoms with Gasteiger partial charge in [-0.15, -0.1) is 0 Å². The highest BCUT2D eigenvalue weighted by Crippen LogP contribution is 2.42. The highest BCUT2D eigenvalue weighted by molar-refractivity contribution is 14.1. The quantitative estimate of drug-likeness (QED) is 0.442. The summed E-state index contributed by atoms with van der Waals surface area (Å²) in [6.07, 6.45) is 5.98. The van der Waals surface area contributed by atoms with Crippen molar-refractivity contribution in [3.8, 4) is 5.75 Å². The molecule has 4 nitrogen and oxygen atoms in total. The van der Waals surface area contributed by atoms with Gasteiger partial charge in [0, 0.05) is 0 Å². The average Bonchev–Trinajstić information content (AvgIpc) is 3.10. The first kappa shape index (κ1) is 21.7. The third-order valence-electron chi connectivity index (χ3n) is 7.41. The molecule has 0 spiro atoms. The molecule has 1 heterocycles. The van der Waals surface area contributed by atoms with Crippen molar-refractivity contribution in [2.45, 2.75) is 71.4 Å². The molecule has 0 bridgehead atoms. The van der Waals surface area contributed by atoms with Gasteiger partial charge in [-0.3, -0.25) is 0 Å². The van der Waals surface area contributed by atoms with Crippen molar-refractivity contribution in [1.82, 2.24) is 5.32 Å². The third-order valence-corrected chi connectivity index (χ3v) is 8.52. The summed E-state index contributed by atoms with van der Waals surface area (Å²) in [6.45, 7) is 9.47. The molecule has 4 rings (SSSR count). The fourth-order valence-corrected chi connectivity index (χ4v) is 5.60. The SMILES string of the molecule is CCC(C)(C)C1CCC(Oc2ccc3cc(C4(C)COC(=O)N4)ccc3c2I)CC1. The summed E-state index contributed by atoms with van der Waals surface area (Å²) in [5.74, 6) is 1.79. The standard InChI is InChI=1S/C25H32INO3/c1-5-24(2,3)17-7-10-19(11-8-17)30-21-13-6-16-14-18(9-12-20(16)22(21)26)25(4)15-29-23(28)27-25/h6,9,12-14,17,19H,5,7-8,10-11,15H2,1-4H3,(H,27,28). The summed E-state index contributed by atoms with van der Waals surface area (Å²) in [5, 5.41) is 5.26. The molecule has 1 unspecified atom stereocenters. The van der Waals surface area contributed by atoms with E-state index in [-0.39, 0.29) is 6.09 Å². The van der Waals surface area contributed by atoms with Crippen LogP contribution in [0.2, 0.25) is 0 Å². The Hall–Kier alpha value is -1.50. The van der Waals surface area contributed by atoms with E-state index in [1.165, 1.54) is 24.6 Å². The molecule has 2 aromatic rings. The van der Waals surface area contributed by atoms with Crippen LogP contribution in [0, 0.1) is 14.9 Å². The molecule has 2 aliphatic rings. The second-order valence-electron chi connectivity index (χ2n) is 9.78. The van der Waals surface area contributed by atoms with Crippen LogP contribution in [0.3, 0.4) is 0 Å². The van der Waals surface area contributed by atoms with Crippen molar-refractivity contribution in [2.75, 3.05) is 6.61 Å². The van der Waals surface area contributed by atoms with E-state index in [1.54, 1.807) is 0 Å². The molecule has 5 heteroatoms. The molecule has 0 aromatic heterocycles. The lowest BCUT2D eigenvalue weighted by Gasteiger charge is -2.39. The number of hydrogen-bond acceptors (Lipinski definition) is 3. The Labute approximate surface area is 193 Å². The van der Waals surface area contributed by atoms with Crippen molar-refractivity contribution in [1.29, 1.82) is 0 Å². The topological polar surface area (TPSA) is 47.6 Å². The van der Waals surface area contributed by atoms with E-state index in [0.717, 1.165) is 39.0 Å². The largest absolute Gasteiger partial charge is 0.489 e. The molecule has 2 aromatic carbocycles. The number of carbonyl (C=O) groups is 1. The molecule has 162 valence electrons. The average molecular weight is 521 g/mol. The molecule has 30 heavy (non-hydrogen) atoms. The van der Waals surface area contributed by atoms with Crippen molar-refractivity contribution < 1.29 is 14.3 Å². The summed E-state index contributed by atoms with van der Waals surface area (Å²) in [6, 6.07) is 10.6. The second-order valence-corrected chi connectivity index (χ2v) is 10.9. The van der Waals surface area contributed by atoms with Crippen LogP contribution >= 0.6 is 22.6 Å². The monoisotopic (exact) mass is 521 g/mol. The Kier molecular flexibility index (Phi) is 5.94. The van der Waals surface area contributed by atoms with Crippen LogP contribution in [0.5, 0.6) is 5.75 Å². The van der Waals surface area contributed by atoms with Gasteiger partial charge in [0.15, 0.2) is 0 Å². The van der Waals surface area contributed by atoms with Crippen LogP contribution in [0.4, 0.5) is 4.79 Å². The summed E-state index contributed by atoms with van der Waals surface area (Å²) in [7, 11) is 0. The first-order chi connectivity index (χ1) is 14.2. The minimum Gasteiger partial charge on any atom is -0.489 e. The van der Waals surface area contributed by atoms with E-state index < -0.39 is 5.54 Å². The molecule has 1 N–H and O–H groups in total.